The molecule has 170 valence electrons. The van der Waals surface area contributed by atoms with E-state index in [4.69, 9.17) is 0 Å². The molecule has 1 amide bonds. The molecule has 2 saturated carbocycles. The third kappa shape index (κ3) is 5.88. The van der Waals surface area contributed by atoms with E-state index in [2.05, 4.69) is 10.2 Å². The minimum atomic E-state index is -5.19. The third-order valence-electron chi connectivity index (χ3n) is 5.82. The first kappa shape index (κ1) is 22.3. The quantitative estimate of drug-likeness (QED) is 0.616. The standard InChI is InChI=1S/C24H25F3N2O3/c25-24(26,27)23(31)32-29(12-11-16-5-2-1-3-6-16)22(30)19-8-4-7-18(13-19)20-14-21(20)28-15-17-9-10-17/h1-8,13,17,20-21,28H,9-12,14-15H2/t20-,21+/m0/s1. The van der Waals surface area contributed by atoms with E-state index in [0.717, 1.165) is 30.0 Å². The topological polar surface area (TPSA) is 58.6 Å². The van der Waals surface area contributed by atoms with Crippen LogP contribution in [0.2, 0.25) is 0 Å². The van der Waals surface area contributed by atoms with Gasteiger partial charge in [-0.15, -0.1) is 0 Å². The molecule has 0 heterocycles. The van der Waals surface area contributed by atoms with Crippen molar-refractivity contribution in [2.75, 3.05) is 13.1 Å². The molecule has 2 atom stereocenters. The van der Waals surface area contributed by atoms with Crippen LogP contribution >= 0.6 is 0 Å². The zero-order valence-corrected chi connectivity index (χ0v) is 17.5. The maximum Gasteiger partial charge on any atom is 0.493 e. The SMILES string of the molecule is O=C(c1cccc([C@@H]2C[C@H]2NCC2CC2)c1)N(CCc1ccccc1)OC(=O)C(F)(F)F. The Labute approximate surface area is 184 Å². The maximum absolute atomic E-state index is 13.0. The van der Waals surface area contributed by atoms with E-state index in [1.165, 1.54) is 18.9 Å². The third-order valence-corrected chi connectivity index (χ3v) is 5.82. The summed E-state index contributed by atoms with van der Waals surface area (Å²) in [5.41, 5.74) is 1.96. The molecule has 1 N–H and O–H groups in total. The first-order valence-electron chi connectivity index (χ1n) is 10.8. The fourth-order valence-electron chi connectivity index (χ4n) is 3.69. The van der Waals surface area contributed by atoms with Crippen LogP contribution in [0.25, 0.3) is 0 Å². The number of hydrogen-bond acceptors (Lipinski definition) is 4. The van der Waals surface area contributed by atoms with Gasteiger partial charge in [-0.25, -0.2) is 4.79 Å². The number of rotatable bonds is 8. The number of hydrogen-bond donors (Lipinski definition) is 1. The molecule has 2 fully saturated rings. The summed E-state index contributed by atoms with van der Waals surface area (Å²) < 4.78 is 38.3. The van der Waals surface area contributed by atoms with E-state index in [9.17, 15) is 22.8 Å². The fourth-order valence-corrected chi connectivity index (χ4v) is 3.69. The number of hydroxylamine groups is 2. The Bertz CT molecular complexity index is 960. The van der Waals surface area contributed by atoms with Crippen LogP contribution in [0, 0.1) is 5.92 Å². The highest BCUT2D eigenvalue weighted by atomic mass is 19.4. The van der Waals surface area contributed by atoms with Crippen LogP contribution in [0.15, 0.2) is 54.6 Å². The number of nitrogens with one attached hydrogen (secondary N) is 1. The van der Waals surface area contributed by atoms with Gasteiger partial charge in [0.1, 0.15) is 0 Å². The van der Waals surface area contributed by atoms with Gasteiger partial charge in [-0.05, 0) is 61.4 Å². The van der Waals surface area contributed by atoms with Crippen molar-refractivity contribution in [3.63, 3.8) is 0 Å². The molecule has 2 aromatic rings. The van der Waals surface area contributed by atoms with E-state index < -0.39 is 18.1 Å². The molecule has 0 spiro atoms. The molecule has 0 unspecified atom stereocenters. The van der Waals surface area contributed by atoms with Gasteiger partial charge in [-0.2, -0.15) is 18.2 Å². The van der Waals surface area contributed by atoms with Crippen LogP contribution < -0.4 is 5.32 Å². The van der Waals surface area contributed by atoms with Crippen molar-refractivity contribution < 1.29 is 27.6 Å². The molecular weight excluding hydrogens is 421 g/mol. The van der Waals surface area contributed by atoms with Gasteiger partial charge >= 0.3 is 12.1 Å². The second-order valence-electron chi connectivity index (χ2n) is 8.45. The molecule has 0 bridgehead atoms. The molecule has 4 rings (SSSR count). The lowest BCUT2D eigenvalue weighted by molar-refractivity contribution is -0.228. The van der Waals surface area contributed by atoms with Gasteiger partial charge in [-0.3, -0.25) is 4.79 Å². The van der Waals surface area contributed by atoms with Crippen molar-refractivity contribution in [2.24, 2.45) is 5.92 Å². The highest BCUT2D eigenvalue weighted by Gasteiger charge is 2.44. The fraction of sp³-hybridized carbons (Fsp3) is 0.417. The number of carbonyl (C=O) groups is 2. The Kier molecular flexibility index (Phi) is 6.50. The lowest BCUT2D eigenvalue weighted by Crippen LogP contribution is -2.39. The number of halogens is 3. The van der Waals surface area contributed by atoms with E-state index in [1.807, 2.05) is 12.1 Å². The lowest BCUT2D eigenvalue weighted by Gasteiger charge is -2.22. The summed E-state index contributed by atoms with van der Waals surface area (Å²) >= 11 is 0. The normalized spacial score (nSPS) is 20.0. The number of carbonyl (C=O) groups excluding carboxylic acids is 2. The Morgan fingerprint density at radius 3 is 2.50 bits per heavy atom. The largest absolute Gasteiger partial charge is 0.493 e. The number of amides is 1. The minimum Gasteiger partial charge on any atom is -0.329 e. The summed E-state index contributed by atoms with van der Waals surface area (Å²) in [5, 5.41) is 4.04. The highest BCUT2D eigenvalue weighted by molar-refractivity contribution is 5.94. The van der Waals surface area contributed by atoms with Crippen LogP contribution in [0.1, 0.15) is 46.7 Å². The molecule has 0 saturated heterocycles. The first-order valence-corrected chi connectivity index (χ1v) is 10.8. The van der Waals surface area contributed by atoms with Crippen molar-refractivity contribution in [2.45, 2.75) is 43.8 Å². The molecule has 5 nitrogen and oxygen atoms in total. The predicted molar refractivity (Wildman–Crippen MR) is 112 cm³/mol. The summed E-state index contributed by atoms with van der Waals surface area (Å²) in [7, 11) is 0. The lowest BCUT2D eigenvalue weighted by atomic mass is 10.1. The molecular formula is C24H25F3N2O3. The summed E-state index contributed by atoms with van der Waals surface area (Å²) in [4.78, 5) is 28.9. The zero-order chi connectivity index (χ0) is 22.7. The molecule has 32 heavy (non-hydrogen) atoms. The van der Waals surface area contributed by atoms with E-state index in [0.29, 0.717) is 11.1 Å². The van der Waals surface area contributed by atoms with Gasteiger partial charge < -0.3 is 10.2 Å². The van der Waals surface area contributed by atoms with Gasteiger partial charge in [0.2, 0.25) is 0 Å². The number of benzene rings is 2. The molecule has 2 aliphatic rings. The van der Waals surface area contributed by atoms with Crippen molar-refractivity contribution in [3.05, 3.63) is 71.3 Å². The Morgan fingerprint density at radius 1 is 1.06 bits per heavy atom. The molecule has 8 heteroatoms. The van der Waals surface area contributed by atoms with Crippen molar-refractivity contribution in [1.29, 1.82) is 0 Å². The minimum absolute atomic E-state index is 0.191. The van der Waals surface area contributed by atoms with Gasteiger partial charge in [0.05, 0.1) is 6.54 Å². The Morgan fingerprint density at radius 2 is 1.81 bits per heavy atom. The van der Waals surface area contributed by atoms with Crippen LogP contribution in [0.5, 0.6) is 0 Å². The second-order valence-corrected chi connectivity index (χ2v) is 8.45. The average molecular weight is 446 g/mol. The van der Waals surface area contributed by atoms with E-state index in [-0.39, 0.29) is 24.4 Å². The zero-order valence-electron chi connectivity index (χ0n) is 17.5. The summed E-state index contributed by atoms with van der Waals surface area (Å²) in [5.74, 6) is -2.15. The van der Waals surface area contributed by atoms with Crippen LogP contribution in [-0.4, -0.2) is 42.2 Å². The van der Waals surface area contributed by atoms with E-state index in [1.54, 1.807) is 36.4 Å². The van der Waals surface area contributed by atoms with Gasteiger partial charge in [0.25, 0.3) is 5.91 Å². The molecule has 2 aliphatic carbocycles. The monoisotopic (exact) mass is 446 g/mol. The molecule has 0 radical (unpaired) electrons. The van der Waals surface area contributed by atoms with E-state index >= 15 is 0 Å². The molecule has 2 aromatic carbocycles. The average Bonchev–Trinajstić information content (AvgIpc) is 3.69. The van der Waals surface area contributed by atoms with Crippen molar-refractivity contribution >= 4 is 11.9 Å². The summed E-state index contributed by atoms with van der Waals surface area (Å²) in [6.45, 7) is 0.810. The van der Waals surface area contributed by atoms with Crippen LogP contribution in [-0.2, 0) is 16.1 Å². The second kappa shape index (κ2) is 9.32. The van der Waals surface area contributed by atoms with Crippen molar-refractivity contribution in [3.8, 4) is 0 Å². The van der Waals surface area contributed by atoms with Crippen LogP contribution in [0.4, 0.5) is 13.2 Å². The van der Waals surface area contributed by atoms with Crippen molar-refractivity contribution in [1.82, 2.24) is 10.4 Å². The van der Waals surface area contributed by atoms with Gasteiger partial charge in [0.15, 0.2) is 0 Å². The molecule has 0 aliphatic heterocycles. The maximum atomic E-state index is 13.0. The summed E-state index contributed by atoms with van der Waals surface area (Å²) in [6, 6.07) is 16.2. The smallest absolute Gasteiger partial charge is 0.329 e. The predicted octanol–water partition coefficient (Wildman–Crippen LogP) is 4.25. The first-order chi connectivity index (χ1) is 15.3. The molecule has 0 aromatic heterocycles. The highest BCUT2D eigenvalue weighted by Crippen LogP contribution is 2.42. The Balaban J connectivity index is 1.45. The Hall–Kier alpha value is -2.87. The number of alkyl halides is 3. The van der Waals surface area contributed by atoms with Gasteiger partial charge in [0, 0.05) is 17.5 Å². The van der Waals surface area contributed by atoms with Crippen LogP contribution in [0.3, 0.4) is 0 Å². The van der Waals surface area contributed by atoms with Gasteiger partial charge in [-0.1, -0.05) is 42.5 Å². The summed E-state index contributed by atoms with van der Waals surface area (Å²) in [6.07, 6.45) is -1.45. The number of nitrogens with zero attached hydrogens (tertiary/aromatic N) is 1.